The van der Waals surface area contributed by atoms with E-state index in [1.54, 1.807) is 16.7 Å². The van der Waals surface area contributed by atoms with Crippen LogP contribution in [0, 0.1) is 0 Å². The Morgan fingerprint density at radius 3 is 2.86 bits per heavy atom. The Kier molecular flexibility index (Phi) is 6.11. The van der Waals surface area contributed by atoms with E-state index < -0.39 is 0 Å². The minimum Gasteiger partial charge on any atom is -0.486 e. The summed E-state index contributed by atoms with van der Waals surface area (Å²) in [4.78, 5) is 14.2. The summed E-state index contributed by atoms with van der Waals surface area (Å²) in [7, 11) is 0. The van der Waals surface area contributed by atoms with Gasteiger partial charge in [0, 0.05) is 16.8 Å². The molecule has 2 heterocycles. The molecule has 7 heteroatoms. The molecule has 1 fully saturated rings. The molecule has 2 aliphatic heterocycles. The molecule has 0 saturated carbocycles. The highest BCUT2D eigenvalue weighted by Gasteiger charge is 2.35. The quantitative estimate of drug-likeness (QED) is 0.643. The Morgan fingerprint density at radius 2 is 2.07 bits per heavy atom. The third kappa shape index (κ3) is 4.59. The van der Waals surface area contributed by atoms with Crippen LogP contribution in [0.15, 0.2) is 42.5 Å². The molecule has 0 spiro atoms. The molecule has 0 aromatic heterocycles. The van der Waals surface area contributed by atoms with E-state index in [4.69, 9.17) is 25.8 Å². The van der Waals surface area contributed by atoms with E-state index in [2.05, 4.69) is 6.26 Å². The van der Waals surface area contributed by atoms with Crippen molar-refractivity contribution in [1.82, 2.24) is 4.90 Å². The highest BCUT2D eigenvalue weighted by atomic mass is 35.5. The van der Waals surface area contributed by atoms with Crippen molar-refractivity contribution in [2.75, 3.05) is 25.2 Å². The summed E-state index contributed by atoms with van der Waals surface area (Å²) in [6.45, 7) is 3.13. The maximum atomic E-state index is 12.4. The minimum atomic E-state index is -0.295. The molecule has 0 radical (unpaired) electrons. The van der Waals surface area contributed by atoms with Crippen molar-refractivity contribution < 1.29 is 19.0 Å². The monoisotopic (exact) mass is 433 g/mol. The van der Waals surface area contributed by atoms with Gasteiger partial charge in [-0.05, 0) is 55.0 Å². The molecule has 4 rings (SSSR count). The molecule has 1 amide bonds. The van der Waals surface area contributed by atoms with Crippen LogP contribution in [0.2, 0.25) is 5.02 Å². The molecule has 1 saturated heterocycles. The number of benzene rings is 2. The highest BCUT2D eigenvalue weighted by molar-refractivity contribution is 7.98. The molecule has 0 N–H and O–H groups in total. The zero-order valence-corrected chi connectivity index (χ0v) is 18.0. The van der Waals surface area contributed by atoms with Gasteiger partial charge in [-0.15, -0.1) is 0 Å². The summed E-state index contributed by atoms with van der Waals surface area (Å²) in [5.41, 5.74) is 2.02. The van der Waals surface area contributed by atoms with Gasteiger partial charge in [0.2, 0.25) is 0 Å². The first kappa shape index (κ1) is 20.2. The summed E-state index contributed by atoms with van der Waals surface area (Å²) in [6, 6.07) is 13.5. The first-order valence-corrected chi connectivity index (χ1v) is 11.4. The van der Waals surface area contributed by atoms with Gasteiger partial charge in [-0.2, -0.15) is 11.8 Å². The van der Waals surface area contributed by atoms with Crippen molar-refractivity contribution in [2.24, 2.45) is 0 Å². The van der Waals surface area contributed by atoms with Crippen LogP contribution in [-0.2, 0) is 11.2 Å². The van der Waals surface area contributed by atoms with Gasteiger partial charge in [0.15, 0.2) is 11.5 Å². The number of halogens is 1. The van der Waals surface area contributed by atoms with Crippen LogP contribution in [0.5, 0.6) is 11.5 Å². The zero-order valence-electron chi connectivity index (χ0n) is 16.5. The van der Waals surface area contributed by atoms with E-state index in [1.807, 2.05) is 49.4 Å². The second-order valence-electron chi connectivity index (χ2n) is 7.42. The average molecular weight is 434 g/mol. The van der Waals surface area contributed by atoms with Crippen LogP contribution in [0.3, 0.4) is 0 Å². The zero-order chi connectivity index (χ0) is 20.4. The van der Waals surface area contributed by atoms with Crippen LogP contribution in [-0.4, -0.2) is 48.3 Å². The van der Waals surface area contributed by atoms with Gasteiger partial charge in [0.05, 0.1) is 6.54 Å². The standard InChI is InChI=1S/C22H24ClNO4S/c1-14(24-11-21(28-22(24)25)16-4-3-5-17(23)10-16)8-15-6-7-19-20(9-15)27-18(12-26-19)13-29-2/h3-7,9-10,14,18,21H,8,11-13H2,1-2H3. The van der Waals surface area contributed by atoms with Gasteiger partial charge in [-0.3, -0.25) is 0 Å². The van der Waals surface area contributed by atoms with E-state index in [9.17, 15) is 4.79 Å². The number of hydrogen-bond acceptors (Lipinski definition) is 5. The number of amides is 1. The lowest BCUT2D eigenvalue weighted by molar-refractivity contribution is 0.107. The summed E-state index contributed by atoms with van der Waals surface area (Å²) < 4.78 is 17.5. The molecule has 2 aromatic carbocycles. The van der Waals surface area contributed by atoms with Crippen molar-refractivity contribution in [3.8, 4) is 11.5 Å². The van der Waals surface area contributed by atoms with Gasteiger partial charge in [-0.1, -0.05) is 29.8 Å². The number of carbonyl (C=O) groups excluding carboxylic acids is 1. The molecule has 154 valence electrons. The van der Waals surface area contributed by atoms with Gasteiger partial charge < -0.3 is 19.1 Å². The predicted octanol–water partition coefficient (Wildman–Crippen LogP) is 4.97. The smallest absolute Gasteiger partial charge is 0.410 e. The molecule has 5 nitrogen and oxygen atoms in total. The molecule has 29 heavy (non-hydrogen) atoms. The third-order valence-corrected chi connectivity index (χ3v) is 6.14. The molecular formula is C22H24ClNO4S. The highest BCUT2D eigenvalue weighted by Crippen LogP contribution is 2.34. The van der Waals surface area contributed by atoms with Gasteiger partial charge >= 0.3 is 6.09 Å². The number of ether oxygens (including phenoxy) is 3. The van der Waals surface area contributed by atoms with E-state index in [0.717, 1.165) is 28.4 Å². The maximum Gasteiger partial charge on any atom is 0.410 e. The van der Waals surface area contributed by atoms with Crippen molar-refractivity contribution in [2.45, 2.75) is 31.6 Å². The van der Waals surface area contributed by atoms with Crippen LogP contribution >= 0.6 is 23.4 Å². The largest absolute Gasteiger partial charge is 0.486 e. The van der Waals surface area contributed by atoms with Crippen LogP contribution in [0.4, 0.5) is 4.79 Å². The topological polar surface area (TPSA) is 48.0 Å². The Bertz CT molecular complexity index is 893. The first-order chi connectivity index (χ1) is 14.0. The Morgan fingerprint density at radius 1 is 1.21 bits per heavy atom. The predicted molar refractivity (Wildman–Crippen MR) is 115 cm³/mol. The number of fused-ring (bicyclic) bond motifs is 1. The van der Waals surface area contributed by atoms with Gasteiger partial charge in [-0.25, -0.2) is 4.79 Å². The van der Waals surface area contributed by atoms with Crippen LogP contribution in [0.25, 0.3) is 0 Å². The van der Waals surface area contributed by atoms with E-state index in [1.165, 1.54) is 0 Å². The Hall–Kier alpha value is -2.05. The second kappa shape index (κ2) is 8.76. The lowest BCUT2D eigenvalue weighted by Crippen LogP contribution is -2.35. The third-order valence-electron chi connectivity index (χ3n) is 5.20. The number of hydrogen-bond donors (Lipinski definition) is 0. The minimum absolute atomic E-state index is 0.00348. The molecule has 3 atom stereocenters. The molecule has 2 aromatic rings. The maximum absolute atomic E-state index is 12.4. The summed E-state index contributed by atoms with van der Waals surface area (Å²) in [6.07, 6.45) is 2.25. The fourth-order valence-corrected chi connectivity index (χ4v) is 4.46. The van der Waals surface area contributed by atoms with E-state index >= 15 is 0 Å². The fraction of sp³-hybridized carbons (Fsp3) is 0.409. The molecule has 0 bridgehead atoms. The van der Waals surface area contributed by atoms with Crippen molar-refractivity contribution in [3.63, 3.8) is 0 Å². The number of thioether (sulfide) groups is 1. The van der Waals surface area contributed by atoms with E-state index in [0.29, 0.717) is 24.6 Å². The van der Waals surface area contributed by atoms with Crippen molar-refractivity contribution in [3.05, 3.63) is 58.6 Å². The van der Waals surface area contributed by atoms with Crippen molar-refractivity contribution >= 4 is 29.5 Å². The average Bonchev–Trinajstić information content (AvgIpc) is 3.10. The lowest BCUT2D eigenvalue weighted by atomic mass is 10.0. The number of rotatable bonds is 6. The summed E-state index contributed by atoms with van der Waals surface area (Å²) in [5, 5.41) is 0.640. The van der Waals surface area contributed by atoms with Gasteiger partial charge in [0.25, 0.3) is 0 Å². The fourth-order valence-electron chi connectivity index (χ4n) is 3.73. The molecular weight excluding hydrogens is 410 g/mol. The SMILES string of the molecule is CSCC1COc2ccc(CC(C)N3CC(c4cccc(Cl)c4)OC3=O)cc2O1. The Labute approximate surface area is 180 Å². The van der Waals surface area contributed by atoms with Gasteiger partial charge in [0.1, 0.15) is 18.8 Å². The van der Waals surface area contributed by atoms with E-state index in [-0.39, 0.29) is 24.3 Å². The molecule has 3 unspecified atom stereocenters. The number of cyclic esters (lactones) is 1. The lowest BCUT2D eigenvalue weighted by Gasteiger charge is -2.27. The van der Waals surface area contributed by atoms with Crippen LogP contribution < -0.4 is 9.47 Å². The normalized spacial score (nSPS) is 21.8. The Balaban J connectivity index is 1.42. The summed E-state index contributed by atoms with van der Waals surface area (Å²) in [5.74, 6) is 2.45. The molecule has 2 aliphatic rings. The summed E-state index contributed by atoms with van der Waals surface area (Å²) >= 11 is 7.82. The molecule has 0 aliphatic carbocycles. The second-order valence-corrected chi connectivity index (χ2v) is 8.77. The number of carbonyl (C=O) groups is 1. The first-order valence-electron chi connectivity index (χ1n) is 9.67. The van der Waals surface area contributed by atoms with Crippen molar-refractivity contribution in [1.29, 1.82) is 0 Å². The van der Waals surface area contributed by atoms with Crippen LogP contribution in [0.1, 0.15) is 24.2 Å². The number of nitrogens with zero attached hydrogens (tertiary/aromatic N) is 1.